The second-order valence-corrected chi connectivity index (χ2v) is 18.8. The standard InChI is InChI=1S/C52H100O6/c1-6-7-8-9-10-11-12-13-14-15-16-20-23-26-32-37-42-50(53)56-45-49(46-57-51(54)43-38-33-29-28-31-36-41-48(4)5)58-52(55)44-39-34-27-24-21-18-17-19-22-25-30-35-40-47(2)3/h47-49H,6-46H2,1-5H3/t49-/m1/s1. The van der Waals surface area contributed by atoms with Gasteiger partial charge in [-0.15, -0.1) is 0 Å². The predicted octanol–water partition coefficient (Wildman–Crippen LogP) is 16.5. The van der Waals surface area contributed by atoms with Crippen molar-refractivity contribution in [1.29, 1.82) is 0 Å². The Morgan fingerprint density at radius 1 is 0.328 bits per heavy atom. The molecule has 0 unspecified atom stereocenters. The van der Waals surface area contributed by atoms with E-state index in [-0.39, 0.29) is 31.1 Å². The van der Waals surface area contributed by atoms with E-state index in [2.05, 4.69) is 34.6 Å². The Hall–Kier alpha value is -1.59. The van der Waals surface area contributed by atoms with E-state index < -0.39 is 6.10 Å². The van der Waals surface area contributed by atoms with E-state index in [0.29, 0.717) is 19.3 Å². The summed E-state index contributed by atoms with van der Waals surface area (Å²) in [5, 5.41) is 0. The third-order valence-electron chi connectivity index (χ3n) is 11.7. The lowest BCUT2D eigenvalue weighted by molar-refractivity contribution is -0.167. The first-order valence-corrected chi connectivity index (χ1v) is 25.7. The van der Waals surface area contributed by atoms with Crippen LogP contribution in [0.1, 0.15) is 285 Å². The molecule has 0 saturated carbocycles. The molecule has 0 aliphatic rings. The van der Waals surface area contributed by atoms with Crippen LogP contribution in [0, 0.1) is 11.8 Å². The van der Waals surface area contributed by atoms with Gasteiger partial charge in [0.2, 0.25) is 0 Å². The molecule has 0 spiro atoms. The number of hydrogen-bond donors (Lipinski definition) is 0. The van der Waals surface area contributed by atoms with Gasteiger partial charge in [-0.05, 0) is 31.1 Å². The maximum Gasteiger partial charge on any atom is 0.306 e. The average molecular weight is 821 g/mol. The van der Waals surface area contributed by atoms with Crippen molar-refractivity contribution in [3.05, 3.63) is 0 Å². The van der Waals surface area contributed by atoms with Crippen LogP contribution in [-0.2, 0) is 28.6 Å². The third kappa shape index (κ3) is 45.5. The van der Waals surface area contributed by atoms with Crippen LogP contribution in [0.25, 0.3) is 0 Å². The van der Waals surface area contributed by atoms with Gasteiger partial charge >= 0.3 is 17.9 Å². The zero-order valence-corrected chi connectivity index (χ0v) is 39.7. The molecule has 344 valence electrons. The lowest BCUT2D eigenvalue weighted by Crippen LogP contribution is -2.30. The fourth-order valence-electron chi connectivity index (χ4n) is 7.81. The lowest BCUT2D eigenvalue weighted by Gasteiger charge is -2.18. The quantitative estimate of drug-likeness (QED) is 0.0346. The molecule has 0 heterocycles. The second kappa shape index (κ2) is 44.9. The van der Waals surface area contributed by atoms with Gasteiger partial charge in [-0.1, -0.05) is 247 Å². The Balaban J connectivity index is 4.27. The summed E-state index contributed by atoms with van der Waals surface area (Å²) in [5.74, 6) is 0.742. The van der Waals surface area contributed by atoms with E-state index in [1.807, 2.05) is 0 Å². The molecule has 58 heavy (non-hydrogen) atoms. The predicted molar refractivity (Wildman–Crippen MR) is 247 cm³/mol. The van der Waals surface area contributed by atoms with Crippen LogP contribution in [0.2, 0.25) is 0 Å². The zero-order valence-electron chi connectivity index (χ0n) is 39.7. The minimum atomic E-state index is -0.762. The SMILES string of the molecule is CCCCCCCCCCCCCCCCCCC(=O)OC[C@H](COC(=O)CCCCCCCCC(C)C)OC(=O)CCCCCCCCCCCCCCC(C)C. The molecule has 0 saturated heterocycles. The van der Waals surface area contributed by atoms with Gasteiger partial charge in [0.1, 0.15) is 13.2 Å². The highest BCUT2D eigenvalue weighted by Crippen LogP contribution is 2.17. The Morgan fingerprint density at radius 2 is 0.569 bits per heavy atom. The first kappa shape index (κ1) is 56.4. The highest BCUT2D eigenvalue weighted by atomic mass is 16.6. The molecule has 0 aliphatic carbocycles. The van der Waals surface area contributed by atoms with Gasteiger partial charge in [0, 0.05) is 19.3 Å². The first-order valence-electron chi connectivity index (χ1n) is 25.7. The van der Waals surface area contributed by atoms with Crippen LogP contribution >= 0.6 is 0 Å². The second-order valence-electron chi connectivity index (χ2n) is 18.8. The van der Waals surface area contributed by atoms with E-state index in [4.69, 9.17) is 14.2 Å². The van der Waals surface area contributed by atoms with Crippen LogP contribution in [0.4, 0.5) is 0 Å². The molecule has 0 radical (unpaired) electrons. The molecule has 0 amide bonds. The number of unbranched alkanes of at least 4 members (excludes halogenated alkanes) is 31. The van der Waals surface area contributed by atoms with Gasteiger partial charge in [-0.2, -0.15) is 0 Å². The number of hydrogen-bond acceptors (Lipinski definition) is 6. The fraction of sp³-hybridized carbons (Fsp3) is 0.942. The molecule has 1 atom stereocenters. The Labute approximate surface area is 361 Å². The number of ether oxygens (including phenoxy) is 3. The highest BCUT2D eigenvalue weighted by Gasteiger charge is 2.19. The fourth-order valence-corrected chi connectivity index (χ4v) is 7.81. The molecule has 0 aromatic rings. The molecule has 0 rings (SSSR count). The topological polar surface area (TPSA) is 78.9 Å². The van der Waals surface area contributed by atoms with Crippen LogP contribution in [0.5, 0.6) is 0 Å². The van der Waals surface area contributed by atoms with Crippen molar-refractivity contribution in [2.24, 2.45) is 11.8 Å². The molecular formula is C52H100O6. The van der Waals surface area contributed by atoms with Crippen LogP contribution in [0.15, 0.2) is 0 Å². The summed E-state index contributed by atoms with van der Waals surface area (Å²) in [6.45, 7) is 11.3. The van der Waals surface area contributed by atoms with Crippen LogP contribution in [0.3, 0.4) is 0 Å². The van der Waals surface area contributed by atoms with E-state index in [1.165, 1.54) is 173 Å². The van der Waals surface area contributed by atoms with Gasteiger partial charge in [0.15, 0.2) is 6.10 Å². The molecule has 0 aliphatic heterocycles. The molecule has 0 fully saturated rings. The molecule has 0 aromatic heterocycles. The van der Waals surface area contributed by atoms with Crippen LogP contribution in [-0.4, -0.2) is 37.2 Å². The Morgan fingerprint density at radius 3 is 0.845 bits per heavy atom. The zero-order chi connectivity index (χ0) is 42.6. The molecule has 6 heteroatoms. The van der Waals surface area contributed by atoms with Gasteiger partial charge in [0.05, 0.1) is 0 Å². The molecule has 0 N–H and O–H groups in total. The van der Waals surface area contributed by atoms with Crippen molar-refractivity contribution in [3.63, 3.8) is 0 Å². The van der Waals surface area contributed by atoms with Crippen molar-refractivity contribution in [2.75, 3.05) is 13.2 Å². The summed E-state index contributed by atoms with van der Waals surface area (Å²) in [6, 6.07) is 0. The van der Waals surface area contributed by atoms with Crippen molar-refractivity contribution in [3.8, 4) is 0 Å². The summed E-state index contributed by atoms with van der Waals surface area (Å²) in [5.41, 5.74) is 0. The summed E-state index contributed by atoms with van der Waals surface area (Å²) in [6.07, 6.45) is 45.3. The Kier molecular flexibility index (Phi) is 43.7. The van der Waals surface area contributed by atoms with Crippen molar-refractivity contribution in [2.45, 2.75) is 291 Å². The maximum atomic E-state index is 12.8. The number of carbonyl (C=O) groups excluding carboxylic acids is 3. The monoisotopic (exact) mass is 821 g/mol. The summed E-state index contributed by atoms with van der Waals surface area (Å²) in [4.78, 5) is 37.9. The van der Waals surface area contributed by atoms with Gasteiger partial charge < -0.3 is 14.2 Å². The van der Waals surface area contributed by atoms with Crippen molar-refractivity contribution < 1.29 is 28.6 Å². The van der Waals surface area contributed by atoms with Gasteiger partial charge in [-0.25, -0.2) is 0 Å². The van der Waals surface area contributed by atoms with E-state index in [1.54, 1.807) is 0 Å². The first-order chi connectivity index (χ1) is 28.2. The van der Waals surface area contributed by atoms with Crippen molar-refractivity contribution >= 4 is 17.9 Å². The summed E-state index contributed by atoms with van der Waals surface area (Å²) < 4.78 is 16.8. The number of carbonyl (C=O) groups is 3. The third-order valence-corrected chi connectivity index (χ3v) is 11.7. The minimum absolute atomic E-state index is 0.0645. The van der Waals surface area contributed by atoms with E-state index >= 15 is 0 Å². The number of esters is 3. The Bertz CT molecular complexity index is 885. The van der Waals surface area contributed by atoms with E-state index in [9.17, 15) is 14.4 Å². The van der Waals surface area contributed by atoms with Crippen molar-refractivity contribution in [1.82, 2.24) is 0 Å². The normalized spacial score (nSPS) is 12.1. The lowest BCUT2D eigenvalue weighted by atomic mass is 10.0. The molecule has 0 aromatic carbocycles. The summed E-state index contributed by atoms with van der Waals surface area (Å²) >= 11 is 0. The highest BCUT2D eigenvalue weighted by molar-refractivity contribution is 5.71. The smallest absolute Gasteiger partial charge is 0.306 e. The summed E-state index contributed by atoms with van der Waals surface area (Å²) in [7, 11) is 0. The average Bonchev–Trinajstić information content (AvgIpc) is 3.19. The minimum Gasteiger partial charge on any atom is -0.462 e. The largest absolute Gasteiger partial charge is 0.462 e. The van der Waals surface area contributed by atoms with Gasteiger partial charge in [-0.3, -0.25) is 14.4 Å². The molecule has 6 nitrogen and oxygen atoms in total. The molecule has 0 bridgehead atoms. The maximum absolute atomic E-state index is 12.8. The van der Waals surface area contributed by atoms with Crippen LogP contribution < -0.4 is 0 Å². The van der Waals surface area contributed by atoms with E-state index in [0.717, 1.165) is 69.6 Å². The molecular weight excluding hydrogens is 721 g/mol. The number of rotatable bonds is 46. The van der Waals surface area contributed by atoms with Gasteiger partial charge in [0.25, 0.3) is 0 Å².